The first kappa shape index (κ1) is 12.6. The number of nitrogens with two attached hydrogens (primary N) is 1. The third kappa shape index (κ3) is 3.27. The second-order valence-electron chi connectivity index (χ2n) is 3.76. The second kappa shape index (κ2) is 5.03. The normalized spacial score (nSPS) is 14.2. The van der Waals surface area contributed by atoms with Gasteiger partial charge in [-0.3, -0.25) is 9.78 Å². The molecule has 0 fully saturated rings. The summed E-state index contributed by atoms with van der Waals surface area (Å²) in [5.74, 6) is -0.825. The highest BCUT2D eigenvalue weighted by Crippen LogP contribution is 2.20. The van der Waals surface area contributed by atoms with E-state index < -0.39 is 17.3 Å². The number of esters is 1. The SMILES string of the molecule is CCOC(=O)CC(C)(N)c1ccc(F)cn1. The second-order valence-corrected chi connectivity index (χ2v) is 3.76. The van der Waals surface area contributed by atoms with E-state index in [4.69, 9.17) is 10.5 Å². The van der Waals surface area contributed by atoms with E-state index in [-0.39, 0.29) is 6.42 Å². The summed E-state index contributed by atoms with van der Waals surface area (Å²) in [4.78, 5) is 15.2. The fourth-order valence-electron chi connectivity index (χ4n) is 1.32. The first-order chi connectivity index (χ1) is 7.45. The summed E-state index contributed by atoms with van der Waals surface area (Å²) in [7, 11) is 0. The molecule has 2 N–H and O–H groups in total. The number of carbonyl (C=O) groups excluding carboxylic acids is 1. The van der Waals surface area contributed by atoms with Gasteiger partial charge in [-0.05, 0) is 26.0 Å². The first-order valence-corrected chi connectivity index (χ1v) is 5.02. The molecule has 0 radical (unpaired) electrons. The van der Waals surface area contributed by atoms with Gasteiger partial charge in [0, 0.05) is 0 Å². The van der Waals surface area contributed by atoms with Crippen LogP contribution in [-0.2, 0) is 15.1 Å². The Kier molecular flexibility index (Phi) is 3.95. The maximum absolute atomic E-state index is 12.7. The number of halogens is 1. The molecule has 0 amide bonds. The zero-order chi connectivity index (χ0) is 12.2. The van der Waals surface area contributed by atoms with Crippen molar-refractivity contribution in [2.75, 3.05) is 6.61 Å². The van der Waals surface area contributed by atoms with Crippen molar-refractivity contribution in [2.24, 2.45) is 5.73 Å². The molecular weight excluding hydrogens is 211 g/mol. The number of ether oxygens (including phenoxy) is 1. The molecule has 0 saturated heterocycles. The molecular formula is C11H15FN2O2. The summed E-state index contributed by atoms with van der Waals surface area (Å²) in [5, 5.41) is 0. The monoisotopic (exact) mass is 226 g/mol. The van der Waals surface area contributed by atoms with E-state index in [0.717, 1.165) is 6.20 Å². The number of hydrogen-bond donors (Lipinski definition) is 1. The molecule has 1 aromatic rings. The number of rotatable bonds is 4. The van der Waals surface area contributed by atoms with Crippen molar-refractivity contribution >= 4 is 5.97 Å². The van der Waals surface area contributed by atoms with E-state index in [9.17, 15) is 9.18 Å². The molecule has 16 heavy (non-hydrogen) atoms. The standard InChI is InChI=1S/C11H15FN2O2/c1-3-16-10(15)6-11(2,13)9-5-4-8(12)7-14-9/h4-5,7H,3,6,13H2,1-2H3. The largest absolute Gasteiger partial charge is 0.466 e. The van der Waals surface area contributed by atoms with Crippen LogP contribution in [0.1, 0.15) is 26.0 Å². The van der Waals surface area contributed by atoms with Gasteiger partial charge in [-0.2, -0.15) is 0 Å². The van der Waals surface area contributed by atoms with Crippen LogP contribution in [0.2, 0.25) is 0 Å². The molecule has 1 aromatic heterocycles. The van der Waals surface area contributed by atoms with Crippen molar-refractivity contribution in [3.05, 3.63) is 29.8 Å². The third-order valence-corrected chi connectivity index (χ3v) is 2.13. The van der Waals surface area contributed by atoms with Gasteiger partial charge in [0.05, 0.1) is 30.5 Å². The molecule has 0 aliphatic rings. The molecule has 88 valence electrons. The zero-order valence-corrected chi connectivity index (χ0v) is 9.37. The molecule has 0 aliphatic heterocycles. The lowest BCUT2D eigenvalue weighted by atomic mass is 9.94. The third-order valence-electron chi connectivity index (χ3n) is 2.13. The number of hydrogen-bond acceptors (Lipinski definition) is 4. The van der Waals surface area contributed by atoms with Crippen LogP contribution in [0.5, 0.6) is 0 Å². The van der Waals surface area contributed by atoms with Crippen LogP contribution < -0.4 is 5.73 Å². The molecule has 0 aromatic carbocycles. The minimum Gasteiger partial charge on any atom is -0.466 e. The van der Waals surface area contributed by atoms with Gasteiger partial charge in [0.1, 0.15) is 5.82 Å². The summed E-state index contributed by atoms with van der Waals surface area (Å²) in [6.45, 7) is 3.69. The van der Waals surface area contributed by atoms with E-state index in [0.29, 0.717) is 12.3 Å². The quantitative estimate of drug-likeness (QED) is 0.787. The van der Waals surface area contributed by atoms with Crippen LogP contribution in [0.25, 0.3) is 0 Å². The lowest BCUT2D eigenvalue weighted by molar-refractivity contribution is -0.144. The lowest BCUT2D eigenvalue weighted by Crippen LogP contribution is -2.37. The van der Waals surface area contributed by atoms with Crippen molar-refractivity contribution in [3.8, 4) is 0 Å². The van der Waals surface area contributed by atoms with Crippen LogP contribution in [0.4, 0.5) is 4.39 Å². The van der Waals surface area contributed by atoms with Crippen LogP contribution in [0.15, 0.2) is 18.3 Å². The average molecular weight is 226 g/mol. The molecule has 1 rings (SSSR count). The van der Waals surface area contributed by atoms with E-state index in [1.165, 1.54) is 12.1 Å². The van der Waals surface area contributed by atoms with Gasteiger partial charge in [-0.25, -0.2) is 4.39 Å². The summed E-state index contributed by atoms with van der Waals surface area (Å²) < 4.78 is 17.5. The van der Waals surface area contributed by atoms with Gasteiger partial charge in [-0.1, -0.05) is 0 Å². The molecule has 1 heterocycles. The molecule has 0 bridgehead atoms. The van der Waals surface area contributed by atoms with Gasteiger partial charge in [0.15, 0.2) is 0 Å². The first-order valence-electron chi connectivity index (χ1n) is 5.02. The van der Waals surface area contributed by atoms with Crippen molar-refractivity contribution in [1.82, 2.24) is 4.98 Å². The molecule has 0 saturated carbocycles. The fraction of sp³-hybridized carbons (Fsp3) is 0.455. The van der Waals surface area contributed by atoms with Crippen molar-refractivity contribution in [2.45, 2.75) is 25.8 Å². The van der Waals surface area contributed by atoms with Gasteiger partial charge in [0.2, 0.25) is 0 Å². The Morgan fingerprint density at radius 1 is 1.62 bits per heavy atom. The lowest BCUT2D eigenvalue weighted by Gasteiger charge is -2.22. The highest BCUT2D eigenvalue weighted by Gasteiger charge is 2.27. The summed E-state index contributed by atoms with van der Waals surface area (Å²) >= 11 is 0. The van der Waals surface area contributed by atoms with E-state index in [1.807, 2.05) is 0 Å². The maximum atomic E-state index is 12.7. The topological polar surface area (TPSA) is 65.2 Å². The molecule has 0 aliphatic carbocycles. The Morgan fingerprint density at radius 2 is 2.31 bits per heavy atom. The van der Waals surface area contributed by atoms with Crippen molar-refractivity contribution in [3.63, 3.8) is 0 Å². The van der Waals surface area contributed by atoms with Crippen LogP contribution in [0.3, 0.4) is 0 Å². The molecule has 0 spiro atoms. The summed E-state index contributed by atoms with van der Waals surface area (Å²) in [6.07, 6.45) is 1.09. The Labute approximate surface area is 93.6 Å². The number of carbonyl (C=O) groups is 1. The average Bonchev–Trinajstić information content (AvgIpc) is 2.17. The number of pyridine rings is 1. The van der Waals surface area contributed by atoms with Gasteiger partial charge >= 0.3 is 5.97 Å². The van der Waals surface area contributed by atoms with Crippen molar-refractivity contribution < 1.29 is 13.9 Å². The number of aromatic nitrogens is 1. The Balaban J connectivity index is 2.76. The summed E-state index contributed by atoms with van der Waals surface area (Å²) in [5.41, 5.74) is 5.45. The van der Waals surface area contributed by atoms with Gasteiger partial charge in [0.25, 0.3) is 0 Å². The highest BCUT2D eigenvalue weighted by atomic mass is 19.1. The van der Waals surface area contributed by atoms with E-state index in [2.05, 4.69) is 4.98 Å². The fourth-order valence-corrected chi connectivity index (χ4v) is 1.32. The van der Waals surface area contributed by atoms with Gasteiger partial charge < -0.3 is 10.5 Å². The zero-order valence-electron chi connectivity index (χ0n) is 9.37. The summed E-state index contributed by atoms with van der Waals surface area (Å²) in [6, 6.07) is 2.73. The maximum Gasteiger partial charge on any atom is 0.308 e. The molecule has 1 unspecified atom stereocenters. The molecule has 4 nitrogen and oxygen atoms in total. The smallest absolute Gasteiger partial charge is 0.308 e. The van der Waals surface area contributed by atoms with E-state index in [1.54, 1.807) is 13.8 Å². The van der Waals surface area contributed by atoms with Gasteiger partial charge in [-0.15, -0.1) is 0 Å². The minimum absolute atomic E-state index is 0.0134. The number of nitrogens with zero attached hydrogens (tertiary/aromatic N) is 1. The molecule has 1 atom stereocenters. The van der Waals surface area contributed by atoms with Crippen LogP contribution in [0, 0.1) is 5.82 Å². The van der Waals surface area contributed by atoms with Crippen LogP contribution in [-0.4, -0.2) is 17.6 Å². The predicted molar refractivity (Wildman–Crippen MR) is 57.0 cm³/mol. The molecule has 5 heteroatoms. The van der Waals surface area contributed by atoms with Crippen molar-refractivity contribution in [1.29, 1.82) is 0 Å². The Morgan fingerprint density at radius 3 is 2.81 bits per heavy atom. The Hall–Kier alpha value is -1.49. The Bertz CT molecular complexity index is 363. The van der Waals surface area contributed by atoms with Crippen LogP contribution >= 0.6 is 0 Å². The minimum atomic E-state index is -0.944. The van der Waals surface area contributed by atoms with E-state index >= 15 is 0 Å². The highest BCUT2D eigenvalue weighted by molar-refractivity contribution is 5.71. The predicted octanol–water partition coefficient (Wildman–Crippen LogP) is 1.35.